The van der Waals surface area contributed by atoms with Gasteiger partial charge in [-0.25, -0.2) is 4.79 Å². The molecule has 0 saturated heterocycles. The van der Waals surface area contributed by atoms with Crippen LogP contribution >= 0.6 is 12.2 Å². The second-order valence-corrected chi connectivity index (χ2v) is 5.55. The SMILES string of the molecule is COC(=O)c1ccccc1NC(=S)Nc1cccc2ccccc12. The molecule has 0 aromatic heterocycles. The number of ether oxygens (including phenoxy) is 1. The number of anilines is 2. The molecule has 0 radical (unpaired) electrons. The predicted octanol–water partition coefficient (Wildman–Crippen LogP) is 4.44. The van der Waals surface area contributed by atoms with Crippen LogP contribution in [0, 0.1) is 0 Å². The van der Waals surface area contributed by atoms with Gasteiger partial charge in [0.2, 0.25) is 0 Å². The Hall–Kier alpha value is -2.92. The van der Waals surface area contributed by atoms with Crippen LogP contribution in [0.5, 0.6) is 0 Å². The number of benzene rings is 3. The fourth-order valence-electron chi connectivity index (χ4n) is 2.49. The number of hydrogen-bond donors (Lipinski definition) is 2. The van der Waals surface area contributed by atoms with Gasteiger partial charge in [0.05, 0.1) is 18.4 Å². The van der Waals surface area contributed by atoms with Gasteiger partial charge >= 0.3 is 5.97 Å². The van der Waals surface area contributed by atoms with Gasteiger partial charge < -0.3 is 15.4 Å². The number of esters is 1. The van der Waals surface area contributed by atoms with E-state index in [1.165, 1.54) is 7.11 Å². The second-order valence-electron chi connectivity index (χ2n) is 5.14. The fraction of sp³-hybridized carbons (Fsp3) is 0.0526. The molecule has 0 aliphatic rings. The summed E-state index contributed by atoms with van der Waals surface area (Å²) in [6.07, 6.45) is 0. The first-order valence-corrected chi connectivity index (χ1v) is 7.83. The Labute approximate surface area is 145 Å². The van der Waals surface area contributed by atoms with Crippen LogP contribution in [-0.4, -0.2) is 18.2 Å². The minimum Gasteiger partial charge on any atom is -0.465 e. The summed E-state index contributed by atoms with van der Waals surface area (Å²) in [5.74, 6) is -0.411. The molecule has 4 nitrogen and oxygen atoms in total. The van der Waals surface area contributed by atoms with Gasteiger partial charge in [0, 0.05) is 11.1 Å². The monoisotopic (exact) mass is 336 g/mol. The average molecular weight is 336 g/mol. The molecular formula is C19H16N2O2S. The third-order valence-corrected chi connectivity index (χ3v) is 3.82. The van der Waals surface area contributed by atoms with Crippen LogP contribution in [0.25, 0.3) is 10.8 Å². The van der Waals surface area contributed by atoms with Gasteiger partial charge in [0.25, 0.3) is 0 Å². The summed E-state index contributed by atoms with van der Waals surface area (Å²) >= 11 is 5.39. The van der Waals surface area contributed by atoms with Crippen molar-refractivity contribution in [2.75, 3.05) is 17.7 Å². The molecule has 0 aliphatic carbocycles. The third kappa shape index (κ3) is 3.36. The molecule has 2 N–H and O–H groups in total. The van der Waals surface area contributed by atoms with Crippen LogP contribution in [-0.2, 0) is 4.74 Å². The molecule has 3 aromatic carbocycles. The maximum atomic E-state index is 11.8. The number of thiocarbonyl (C=S) groups is 1. The van der Waals surface area contributed by atoms with E-state index in [4.69, 9.17) is 17.0 Å². The Bertz CT molecular complexity index is 903. The van der Waals surface area contributed by atoms with E-state index >= 15 is 0 Å². The number of nitrogens with one attached hydrogen (secondary N) is 2. The molecule has 3 aromatic rings. The third-order valence-electron chi connectivity index (χ3n) is 3.62. The molecule has 0 heterocycles. The standard InChI is InChI=1S/C19H16N2O2S/c1-23-18(22)15-10-4-5-11-17(15)21-19(24)20-16-12-6-8-13-7-2-3-9-14(13)16/h2-12H,1H3,(H2,20,21,24). The van der Waals surface area contributed by atoms with E-state index < -0.39 is 5.97 Å². The topological polar surface area (TPSA) is 50.4 Å². The lowest BCUT2D eigenvalue weighted by Crippen LogP contribution is -2.21. The van der Waals surface area contributed by atoms with Crippen LogP contribution in [0.2, 0.25) is 0 Å². The highest BCUT2D eigenvalue weighted by Crippen LogP contribution is 2.23. The first-order valence-electron chi connectivity index (χ1n) is 7.42. The maximum Gasteiger partial charge on any atom is 0.339 e. The quantitative estimate of drug-likeness (QED) is 0.547. The van der Waals surface area contributed by atoms with Crippen molar-refractivity contribution in [1.29, 1.82) is 0 Å². The van der Waals surface area contributed by atoms with Gasteiger partial charge in [-0.05, 0) is 35.8 Å². The van der Waals surface area contributed by atoms with Crippen molar-refractivity contribution < 1.29 is 9.53 Å². The van der Waals surface area contributed by atoms with E-state index in [1.54, 1.807) is 18.2 Å². The Morgan fingerprint density at radius 1 is 0.875 bits per heavy atom. The predicted molar refractivity (Wildman–Crippen MR) is 102 cm³/mol. The molecule has 0 atom stereocenters. The van der Waals surface area contributed by atoms with Crippen molar-refractivity contribution in [3.63, 3.8) is 0 Å². The minimum atomic E-state index is -0.411. The lowest BCUT2D eigenvalue weighted by molar-refractivity contribution is 0.0602. The van der Waals surface area contributed by atoms with Crippen LogP contribution in [0.15, 0.2) is 66.7 Å². The summed E-state index contributed by atoms with van der Waals surface area (Å²) in [5.41, 5.74) is 1.94. The number of methoxy groups -OCH3 is 1. The maximum absolute atomic E-state index is 11.8. The van der Waals surface area contributed by atoms with Crippen molar-refractivity contribution in [2.45, 2.75) is 0 Å². The molecule has 0 saturated carbocycles. The Morgan fingerprint density at radius 3 is 2.33 bits per heavy atom. The van der Waals surface area contributed by atoms with Crippen molar-refractivity contribution in [3.8, 4) is 0 Å². The molecule has 5 heteroatoms. The summed E-state index contributed by atoms with van der Waals surface area (Å²) < 4.78 is 4.79. The summed E-state index contributed by atoms with van der Waals surface area (Å²) in [6, 6.07) is 21.1. The highest BCUT2D eigenvalue weighted by Gasteiger charge is 2.12. The van der Waals surface area contributed by atoms with E-state index in [1.807, 2.05) is 48.5 Å². The zero-order valence-electron chi connectivity index (χ0n) is 13.1. The molecule has 120 valence electrons. The highest BCUT2D eigenvalue weighted by atomic mass is 32.1. The molecule has 24 heavy (non-hydrogen) atoms. The second kappa shape index (κ2) is 7.10. The zero-order chi connectivity index (χ0) is 16.9. The first-order chi connectivity index (χ1) is 11.7. The smallest absolute Gasteiger partial charge is 0.339 e. The Balaban J connectivity index is 1.83. The van der Waals surface area contributed by atoms with Gasteiger partial charge in [-0.1, -0.05) is 48.5 Å². The van der Waals surface area contributed by atoms with E-state index in [2.05, 4.69) is 10.6 Å². The average Bonchev–Trinajstić information content (AvgIpc) is 2.62. The molecule has 3 rings (SSSR count). The van der Waals surface area contributed by atoms with Crippen LogP contribution < -0.4 is 10.6 Å². The zero-order valence-corrected chi connectivity index (χ0v) is 13.9. The van der Waals surface area contributed by atoms with Crippen molar-refractivity contribution in [2.24, 2.45) is 0 Å². The highest BCUT2D eigenvalue weighted by molar-refractivity contribution is 7.80. The number of carbonyl (C=O) groups is 1. The van der Waals surface area contributed by atoms with E-state index in [-0.39, 0.29) is 0 Å². The van der Waals surface area contributed by atoms with Crippen LogP contribution in [0.3, 0.4) is 0 Å². The van der Waals surface area contributed by atoms with Gasteiger partial charge in [0.1, 0.15) is 0 Å². The van der Waals surface area contributed by atoms with E-state index in [0.29, 0.717) is 16.4 Å². The van der Waals surface area contributed by atoms with Crippen molar-refractivity contribution in [1.82, 2.24) is 0 Å². The van der Waals surface area contributed by atoms with Gasteiger partial charge in [-0.15, -0.1) is 0 Å². The van der Waals surface area contributed by atoms with Gasteiger partial charge in [0.15, 0.2) is 5.11 Å². The van der Waals surface area contributed by atoms with E-state index in [9.17, 15) is 4.79 Å². The van der Waals surface area contributed by atoms with Crippen molar-refractivity contribution in [3.05, 3.63) is 72.3 Å². The number of carbonyl (C=O) groups excluding carboxylic acids is 1. The lowest BCUT2D eigenvalue weighted by Gasteiger charge is -2.14. The molecule has 0 unspecified atom stereocenters. The molecule has 0 fully saturated rings. The summed E-state index contributed by atoms with van der Waals surface area (Å²) in [6.45, 7) is 0. The molecule has 0 aliphatic heterocycles. The summed E-state index contributed by atoms with van der Waals surface area (Å²) in [4.78, 5) is 11.8. The number of rotatable bonds is 3. The fourth-order valence-corrected chi connectivity index (χ4v) is 2.71. The van der Waals surface area contributed by atoms with Gasteiger partial charge in [-0.3, -0.25) is 0 Å². The Morgan fingerprint density at radius 2 is 1.50 bits per heavy atom. The largest absolute Gasteiger partial charge is 0.465 e. The van der Waals surface area contributed by atoms with Crippen molar-refractivity contribution >= 4 is 45.4 Å². The van der Waals surface area contributed by atoms with Gasteiger partial charge in [-0.2, -0.15) is 0 Å². The summed E-state index contributed by atoms with van der Waals surface area (Å²) in [5, 5.41) is 8.85. The normalized spacial score (nSPS) is 10.2. The number of para-hydroxylation sites is 1. The van der Waals surface area contributed by atoms with Crippen LogP contribution in [0.4, 0.5) is 11.4 Å². The molecule has 0 amide bonds. The van der Waals surface area contributed by atoms with Crippen LogP contribution in [0.1, 0.15) is 10.4 Å². The number of fused-ring (bicyclic) bond motifs is 1. The number of hydrogen-bond acceptors (Lipinski definition) is 3. The summed E-state index contributed by atoms with van der Waals surface area (Å²) in [7, 11) is 1.35. The minimum absolute atomic E-state index is 0.405. The lowest BCUT2D eigenvalue weighted by atomic mass is 10.1. The van der Waals surface area contributed by atoms with E-state index in [0.717, 1.165) is 16.5 Å². The molecule has 0 bridgehead atoms. The first kappa shape index (κ1) is 16.0. The molecule has 0 spiro atoms. The molecular weight excluding hydrogens is 320 g/mol. The Kier molecular flexibility index (Phi) is 4.72.